The van der Waals surface area contributed by atoms with Crippen LogP contribution in [0.5, 0.6) is 0 Å². The second kappa shape index (κ2) is 12.2. The Balaban J connectivity index is 1.67. The van der Waals surface area contributed by atoms with E-state index in [1.807, 2.05) is 6.92 Å². The standard InChI is InChI=1S/C29H31NOP2/c1-24(30)31-25(22-32(26-14-6-2-7-15-26)27-16-8-3-9-17-27)23-33(28-18-10-4-11-19-28)29-20-12-5-13-21-29/h2-21,24-25H,22-23,30H2,1H3. The number of hydrogen-bond acceptors (Lipinski definition) is 2. The number of hydrogen-bond donors (Lipinski definition) is 1. The Morgan fingerprint density at radius 2 is 0.818 bits per heavy atom. The quantitative estimate of drug-likeness (QED) is 0.263. The Bertz CT molecular complexity index is 912. The molecule has 2 nitrogen and oxygen atoms in total. The van der Waals surface area contributed by atoms with E-state index in [9.17, 15) is 0 Å². The van der Waals surface area contributed by atoms with E-state index in [2.05, 4.69) is 121 Å². The Hall–Kier alpha value is -2.34. The zero-order chi connectivity index (χ0) is 22.9. The molecule has 4 aromatic rings. The van der Waals surface area contributed by atoms with Crippen LogP contribution in [0.4, 0.5) is 0 Å². The molecule has 0 radical (unpaired) electrons. The van der Waals surface area contributed by atoms with Gasteiger partial charge in [0.25, 0.3) is 0 Å². The Kier molecular flexibility index (Phi) is 8.81. The van der Waals surface area contributed by atoms with Gasteiger partial charge in [0.05, 0.1) is 6.10 Å². The molecule has 1 atom stereocenters. The van der Waals surface area contributed by atoms with Gasteiger partial charge in [-0.15, -0.1) is 0 Å². The first-order valence-corrected chi connectivity index (χ1v) is 14.4. The van der Waals surface area contributed by atoms with Gasteiger partial charge in [-0.1, -0.05) is 121 Å². The van der Waals surface area contributed by atoms with Crippen LogP contribution in [-0.2, 0) is 4.74 Å². The molecule has 0 saturated carbocycles. The summed E-state index contributed by atoms with van der Waals surface area (Å²) >= 11 is 0. The molecule has 0 aliphatic rings. The lowest BCUT2D eigenvalue weighted by Crippen LogP contribution is -2.34. The maximum atomic E-state index is 6.41. The first-order chi connectivity index (χ1) is 16.2. The van der Waals surface area contributed by atoms with Crippen molar-refractivity contribution in [2.24, 2.45) is 5.73 Å². The minimum atomic E-state index is -0.559. The molecule has 0 amide bonds. The van der Waals surface area contributed by atoms with Gasteiger partial charge in [0.1, 0.15) is 6.23 Å². The summed E-state index contributed by atoms with van der Waals surface area (Å²) in [5.41, 5.74) is 6.19. The summed E-state index contributed by atoms with van der Waals surface area (Å²) < 4.78 is 6.41. The predicted octanol–water partition coefficient (Wildman–Crippen LogP) is 4.94. The molecule has 2 N–H and O–H groups in total. The molecule has 0 aromatic heterocycles. The van der Waals surface area contributed by atoms with E-state index in [0.29, 0.717) is 0 Å². The van der Waals surface area contributed by atoms with Gasteiger partial charge >= 0.3 is 0 Å². The van der Waals surface area contributed by atoms with Gasteiger partial charge in [-0.25, -0.2) is 0 Å². The zero-order valence-electron chi connectivity index (χ0n) is 19.0. The van der Waals surface area contributed by atoms with Crippen LogP contribution in [0.15, 0.2) is 121 Å². The molecule has 4 heteroatoms. The highest BCUT2D eigenvalue weighted by Crippen LogP contribution is 2.40. The lowest BCUT2D eigenvalue weighted by Gasteiger charge is -2.30. The number of nitrogens with two attached hydrogens (primary N) is 1. The van der Waals surface area contributed by atoms with Crippen LogP contribution >= 0.6 is 15.8 Å². The second-order valence-corrected chi connectivity index (χ2v) is 12.5. The van der Waals surface area contributed by atoms with Gasteiger partial charge in [-0.05, 0) is 44.0 Å². The third kappa shape index (κ3) is 6.83. The predicted molar refractivity (Wildman–Crippen MR) is 146 cm³/mol. The van der Waals surface area contributed by atoms with Crippen molar-refractivity contribution in [3.05, 3.63) is 121 Å². The van der Waals surface area contributed by atoms with E-state index in [0.717, 1.165) is 12.3 Å². The van der Waals surface area contributed by atoms with Crippen molar-refractivity contribution < 1.29 is 4.74 Å². The molecule has 4 rings (SSSR count). The molecule has 0 spiro atoms. The topological polar surface area (TPSA) is 35.2 Å². The van der Waals surface area contributed by atoms with Crippen molar-refractivity contribution in [3.63, 3.8) is 0 Å². The first kappa shape index (κ1) is 23.8. The Labute approximate surface area is 200 Å². The molecule has 0 aliphatic heterocycles. The molecule has 33 heavy (non-hydrogen) atoms. The fraction of sp³-hybridized carbons (Fsp3) is 0.172. The van der Waals surface area contributed by atoms with Crippen molar-refractivity contribution in [3.8, 4) is 0 Å². The smallest absolute Gasteiger partial charge is 0.103 e. The van der Waals surface area contributed by atoms with Crippen molar-refractivity contribution in [2.45, 2.75) is 19.3 Å². The average molecular weight is 472 g/mol. The van der Waals surface area contributed by atoms with Gasteiger partial charge < -0.3 is 10.5 Å². The van der Waals surface area contributed by atoms with Crippen molar-refractivity contribution >= 4 is 37.1 Å². The molecule has 0 fully saturated rings. The SMILES string of the molecule is CC(N)OC(CP(c1ccccc1)c1ccccc1)CP(c1ccccc1)c1ccccc1. The second-order valence-electron chi connectivity index (χ2n) is 8.03. The number of rotatable bonds is 10. The van der Waals surface area contributed by atoms with Crippen LogP contribution in [0.25, 0.3) is 0 Å². The molecule has 168 valence electrons. The monoisotopic (exact) mass is 471 g/mol. The van der Waals surface area contributed by atoms with Crippen LogP contribution in [0.2, 0.25) is 0 Å². The van der Waals surface area contributed by atoms with Crippen LogP contribution in [0.1, 0.15) is 6.92 Å². The van der Waals surface area contributed by atoms with E-state index < -0.39 is 15.8 Å². The van der Waals surface area contributed by atoms with Crippen LogP contribution in [0.3, 0.4) is 0 Å². The third-order valence-electron chi connectivity index (χ3n) is 5.45. The Morgan fingerprint density at radius 3 is 1.06 bits per heavy atom. The molecule has 0 heterocycles. The average Bonchev–Trinajstić information content (AvgIpc) is 2.87. The van der Waals surface area contributed by atoms with Gasteiger partial charge in [0.15, 0.2) is 0 Å². The van der Waals surface area contributed by atoms with Crippen molar-refractivity contribution in [1.82, 2.24) is 0 Å². The lowest BCUT2D eigenvalue weighted by molar-refractivity contribution is 0.0274. The highest BCUT2D eigenvalue weighted by molar-refractivity contribution is 7.74. The normalized spacial score (nSPS) is 12.4. The number of benzene rings is 4. The summed E-state index contributed by atoms with van der Waals surface area (Å²) in [6.07, 6.45) is 1.65. The van der Waals surface area contributed by atoms with E-state index in [1.54, 1.807) is 0 Å². The zero-order valence-corrected chi connectivity index (χ0v) is 20.8. The van der Waals surface area contributed by atoms with Crippen molar-refractivity contribution in [2.75, 3.05) is 12.3 Å². The van der Waals surface area contributed by atoms with Gasteiger partial charge in [-0.3, -0.25) is 0 Å². The van der Waals surface area contributed by atoms with Gasteiger partial charge in [-0.2, -0.15) is 0 Å². The summed E-state index contributed by atoms with van der Waals surface area (Å²) in [6, 6.07) is 43.4. The van der Waals surface area contributed by atoms with Crippen LogP contribution < -0.4 is 27.0 Å². The van der Waals surface area contributed by atoms with Crippen LogP contribution in [0, 0.1) is 0 Å². The minimum absolute atomic E-state index is 0.0584. The highest BCUT2D eigenvalue weighted by Gasteiger charge is 2.25. The fourth-order valence-corrected chi connectivity index (χ4v) is 9.02. The highest BCUT2D eigenvalue weighted by atomic mass is 31.1. The lowest BCUT2D eigenvalue weighted by atomic mass is 10.4. The summed E-state index contributed by atoms with van der Waals surface area (Å²) in [6.45, 7) is 1.94. The third-order valence-corrected chi connectivity index (χ3v) is 10.7. The minimum Gasteiger partial charge on any atom is -0.360 e. The summed E-state index contributed by atoms with van der Waals surface area (Å²) in [5, 5.41) is 5.50. The molecule has 4 aromatic carbocycles. The molecule has 0 aliphatic carbocycles. The number of ether oxygens (including phenoxy) is 1. The van der Waals surface area contributed by atoms with E-state index in [4.69, 9.17) is 10.5 Å². The molecule has 0 bridgehead atoms. The van der Waals surface area contributed by atoms with E-state index >= 15 is 0 Å². The van der Waals surface area contributed by atoms with Gasteiger partial charge in [0.2, 0.25) is 0 Å². The summed E-state index contributed by atoms with van der Waals surface area (Å²) in [4.78, 5) is 0. The molecule has 1 unspecified atom stereocenters. The first-order valence-electron chi connectivity index (χ1n) is 11.4. The van der Waals surface area contributed by atoms with E-state index in [-0.39, 0.29) is 12.3 Å². The maximum absolute atomic E-state index is 6.41. The van der Waals surface area contributed by atoms with Crippen molar-refractivity contribution in [1.29, 1.82) is 0 Å². The maximum Gasteiger partial charge on any atom is 0.103 e. The van der Waals surface area contributed by atoms with Crippen LogP contribution in [-0.4, -0.2) is 24.7 Å². The molecule has 0 saturated heterocycles. The largest absolute Gasteiger partial charge is 0.360 e. The molecular formula is C29H31NOP2. The summed E-state index contributed by atoms with van der Waals surface area (Å²) in [5.74, 6) is 0. The van der Waals surface area contributed by atoms with Gasteiger partial charge in [0, 0.05) is 12.3 Å². The van der Waals surface area contributed by atoms with E-state index in [1.165, 1.54) is 21.2 Å². The Morgan fingerprint density at radius 1 is 0.545 bits per heavy atom. The summed E-state index contributed by atoms with van der Waals surface area (Å²) in [7, 11) is -1.12. The fourth-order valence-electron chi connectivity index (χ4n) is 4.01. The molecular weight excluding hydrogens is 440 g/mol.